The van der Waals surface area contributed by atoms with Crippen molar-refractivity contribution in [1.29, 1.82) is 0 Å². The van der Waals surface area contributed by atoms with Crippen molar-refractivity contribution < 1.29 is 9.52 Å². The predicted molar refractivity (Wildman–Crippen MR) is 68.4 cm³/mol. The molecule has 90 valence electrons. The standard InChI is InChI=1S/C14H15ClO2/c1-8-5-13(15)9(2)4-12(8)14(16)11-6-10(3)17-7-11/h4-7,14,16H,1-3H3. The average molecular weight is 251 g/mol. The van der Waals surface area contributed by atoms with E-state index in [1.165, 1.54) is 0 Å². The summed E-state index contributed by atoms with van der Waals surface area (Å²) in [7, 11) is 0. The fourth-order valence-electron chi connectivity index (χ4n) is 1.88. The summed E-state index contributed by atoms with van der Waals surface area (Å²) < 4.78 is 5.21. The van der Waals surface area contributed by atoms with Gasteiger partial charge in [-0.15, -0.1) is 0 Å². The molecule has 0 amide bonds. The second-order valence-electron chi connectivity index (χ2n) is 4.35. The van der Waals surface area contributed by atoms with Crippen molar-refractivity contribution in [3.8, 4) is 0 Å². The molecule has 0 spiro atoms. The first kappa shape index (κ1) is 12.2. The topological polar surface area (TPSA) is 33.4 Å². The molecule has 0 saturated carbocycles. The lowest BCUT2D eigenvalue weighted by Gasteiger charge is -2.14. The zero-order valence-corrected chi connectivity index (χ0v) is 10.9. The molecule has 3 heteroatoms. The van der Waals surface area contributed by atoms with Crippen molar-refractivity contribution in [1.82, 2.24) is 0 Å². The van der Waals surface area contributed by atoms with Crippen molar-refractivity contribution in [2.45, 2.75) is 26.9 Å². The highest BCUT2D eigenvalue weighted by molar-refractivity contribution is 6.31. The molecular formula is C14H15ClO2. The van der Waals surface area contributed by atoms with Crippen molar-refractivity contribution >= 4 is 11.6 Å². The van der Waals surface area contributed by atoms with Gasteiger partial charge in [-0.05, 0) is 49.6 Å². The van der Waals surface area contributed by atoms with E-state index < -0.39 is 6.10 Å². The zero-order chi connectivity index (χ0) is 12.6. The van der Waals surface area contributed by atoms with Gasteiger partial charge in [0.1, 0.15) is 11.9 Å². The average Bonchev–Trinajstić information content (AvgIpc) is 2.69. The maximum Gasteiger partial charge on any atom is 0.107 e. The van der Waals surface area contributed by atoms with Crippen LogP contribution < -0.4 is 0 Å². The van der Waals surface area contributed by atoms with Gasteiger partial charge in [-0.2, -0.15) is 0 Å². The van der Waals surface area contributed by atoms with E-state index >= 15 is 0 Å². The third-order valence-corrected chi connectivity index (χ3v) is 3.32. The Morgan fingerprint density at radius 2 is 1.82 bits per heavy atom. The summed E-state index contributed by atoms with van der Waals surface area (Å²) >= 11 is 6.04. The van der Waals surface area contributed by atoms with Gasteiger partial charge < -0.3 is 9.52 Å². The highest BCUT2D eigenvalue weighted by atomic mass is 35.5. The molecule has 0 saturated heterocycles. The lowest BCUT2D eigenvalue weighted by atomic mass is 9.97. The van der Waals surface area contributed by atoms with Crippen LogP contribution in [0.25, 0.3) is 0 Å². The van der Waals surface area contributed by atoms with Crippen molar-refractivity contribution in [3.63, 3.8) is 0 Å². The normalized spacial score (nSPS) is 12.8. The van der Waals surface area contributed by atoms with Gasteiger partial charge in [0.15, 0.2) is 0 Å². The van der Waals surface area contributed by atoms with Gasteiger partial charge in [-0.3, -0.25) is 0 Å². The molecule has 1 atom stereocenters. The SMILES string of the molecule is Cc1cc(C(O)c2cc(C)c(Cl)cc2C)co1. The molecule has 1 heterocycles. The first-order valence-electron chi connectivity index (χ1n) is 5.49. The first-order valence-corrected chi connectivity index (χ1v) is 5.86. The maximum absolute atomic E-state index is 10.3. The van der Waals surface area contributed by atoms with E-state index in [4.69, 9.17) is 16.0 Å². The van der Waals surface area contributed by atoms with Crippen LogP contribution in [-0.2, 0) is 0 Å². The maximum atomic E-state index is 10.3. The Morgan fingerprint density at radius 3 is 2.41 bits per heavy atom. The summed E-state index contributed by atoms with van der Waals surface area (Å²) in [5.74, 6) is 0.794. The lowest BCUT2D eigenvalue weighted by molar-refractivity contribution is 0.218. The van der Waals surface area contributed by atoms with Crippen molar-refractivity contribution in [2.75, 3.05) is 0 Å². The number of halogens is 1. The molecule has 0 bridgehead atoms. The number of aryl methyl sites for hydroxylation is 3. The summed E-state index contributed by atoms with van der Waals surface area (Å²) in [6.07, 6.45) is 0.923. The van der Waals surface area contributed by atoms with Gasteiger partial charge in [0.05, 0.1) is 6.26 Å². The molecule has 1 N–H and O–H groups in total. The second-order valence-corrected chi connectivity index (χ2v) is 4.76. The van der Waals surface area contributed by atoms with Crippen molar-refractivity contribution in [3.05, 3.63) is 57.5 Å². The lowest BCUT2D eigenvalue weighted by Crippen LogP contribution is -2.01. The molecule has 0 radical (unpaired) electrons. The molecule has 0 aliphatic carbocycles. The van der Waals surface area contributed by atoms with Crippen LogP contribution in [0, 0.1) is 20.8 Å². The fraction of sp³-hybridized carbons (Fsp3) is 0.286. The number of hydrogen-bond acceptors (Lipinski definition) is 2. The summed E-state index contributed by atoms with van der Waals surface area (Å²) in [6, 6.07) is 5.64. The minimum atomic E-state index is -0.664. The van der Waals surface area contributed by atoms with Crippen LogP contribution in [0.2, 0.25) is 5.02 Å². The van der Waals surface area contributed by atoms with E-state index in [1.54, 1.807) is 6.26 Å². The quantitative estimate of drug-likeness (QED) is 0.876. The number of rotatable bonds is 2. The third kappa shape index (κ3) is 2.38. The largest absolute Gasteiger partial charge is 0.469 e. The second kappa shape index (κ2) is 4.55. The highest BCUT2D eigenvalue weighted by Crippen LogP contribution is 2.29. The number of furan rings is 1. The molecule has 1 aromatic carbocycles. The minimum absolute atomic E-state index is 0.664. The molecular weight excluding hydrogens is 236 g/mol. The van der Waals surface area contributed by atoms with Gasteiger partial charge in [0, 0.05) is 10.6 Å². The predicted octanol–water partition coefficient (Wildman–Crippen LogP) is 3.94. The smallest absolute Gasteiger partial charge is 0.107 e. The van der Waals surface area contributed by atoms with E-state index in [2.05, 4.69) is 0 Å². The fourth-order valence-corrected chi connectivity index (χ4v) is 2.10. The number of aliphatic hydroxyl groups is 1. The Bertz CT molecular complexity index is 543. The van der Waals surface area contributed by atoms with Crippen LogP contribution in [-0.4, -0.2) is 5.11 Å². The molecule has 1 aromatic heterocycles. The summed E-state index contributed by atoms with van der Waals surface area (Å²) in [6.45, 7) is 5.73. The van der Waals surface area contributed by atoms with Crippen molar-refractivity contribution in [2.24, 2.45) is 0 Å². The van der Waals surface area contributed by atoms with Gasteiger partial charge in [0.2, 0.25) is 0 Å². The zero-order valence-electron chi connectivity index (χ0n) is 10.1. The Morgan fingerprint density at radius 1 is 1.12 bits per heavy atom. The molecule has 2 nitrogen and oxygen atoms in total. The van der Waals surface area contributed by atoms with E-state index in [9.17, 15) is 5.11 Å². The van der Waals surface area contributed by atoms with E-state index in [0.717, 1.165) is 33.0 Å². The first-order chi connectivity index (χ1) is 7.99. The molecule has 2 aromatic rings. The number of aliphatic hydroxyl groups excluding tert-OH is 1. The van der Waals surface area contributed by atoms with Crippen LogP contribution in [0.5, 0.6) is 0 Å². The van der Waals surface area contributed by atoms with Crippen LogP contribution in [0.3, 0.4) is 0 Å². The Labute approximate surface area is 106 Å². The van der Waals surface area contributed by atoms with Crippen LogP contribution in [0.15, 0.2) is 28.9 Å². The Hall–Kier alpha value is -1.25. The monoisotopic (exact) mass is 250 g/mol. The Kier molecular flexibility index (Phi) is 3.27. The highest BCUT2D eigenvalue weighted by Gasteiger charge is 2.16. The van der Waals surface area contributed by atoms with E-state index in [0.29, 0.717) is 0 Å². The van der Waals surface area contributed by atoms with Gasteiger partial charge >= 0.3 is 0 Å². The number of hydrogen-bond donors (Lipinski definition) is 1. The van der Waals surface area contributed by atoms with Crippen LogP contribution in [0.1, 0.15) is 34.1 Å². The van der Waals surface area contributed by atoms with E-state index in [1.807, 2.05) is 39.0 Å². The van der Waals surface area contributed by atoms with Crippen LogP contribution >= 0.6 is 11.6 Å². The van der Waals surface area contributed by atoms with Gasteiger partial charge in [-0.1, -0.05) is 17.7 Å². The minimum Gasteiger partial charge on any atom is -0.469 e. The third-order valence-electron chi connectivity index (χ3n) is 2.91. The molecule has 0 aliphatic heterocycles. The van der Waals surface area contributed by atoms with Gasteiger partial charge in [0.25, 0.3) is 0 Å². The Balaban J connectivity index is 2.43. The van der Waals surface area contributed by atoms with Gasteiger partial charge in [-0.25, -0.2) is 0 Å². The molecule has 0 fully saturated rings. The molecule has 1 unspecified atom stereocenters. The molecule has 2 rings (SSSR count). The molecule has 0 aliphatic rings. The summed E-state index contributed by atoms with van der Waals surface area (Å²) in [5.41, 5.74) is 3.58. The number of benzene rings is 1. The summed E-state index contributed by atoms with van der Waals surface area (Å²) in [5, 5.41) is 11.0. The van der Waals surface area contributed by atoms with E-state index in [-0.39, 0.29) is 0 Å². The molecule has 17 heavy (non-hydrogen) atoms. The summed E-state index contributed by atoms with van der Waals surface area (Å²) in [4.78, 5) is 0. The van der Waals surface area contributed by atoms with Crippen LogP contribution in [0.4, 0.5) is 0 Å².